The summed E-state index contributed by atoms with van der Waals surface area (Å²) < 4.78 is 11.3. The molecule has 23 heavy (non-hydrogen) atoms. The molecule has 0 spiro atoms. The molecule has 5 heteroatoms. The van der Waals surface area contributed by atoms with E-state index in [1.54, 1.807) is 12.5 Å². The molecular weight excluding hydrogens is 290 g/mol. The van der Waals surface area contributed by atoms with Gasteiger partial charge in [0.15, 0.2) is 11.6 Å². The van der Waals surface area contributed by atoms with Gasteiger partial charge >= 0.3 is 0 Å². The van der Waals surface area contributed by atoms with E-state index in [1.807, 2.05) is 24.3 Å². The molecule has 1 aliphatic rings. The molecular formula is C18H23N3O2. The third kappa shape index (κ3) is 4.58. The van der Waals surface area contributed by atoms with E-state index in [2.05, 4.69) is 17.2 Å². The summed E-state index contributed by atoms with van der Waals surface area (Å²) in [5.41, 5.74) is 0.991. The molecule has 122 valence electrons. The van der Waals surface area contributed by atoms with Gasteiger partial charge in [0.05, 0.1) is 19.4 Å². The lowest BCUT2D eigenvalue weighted by molar-refractivity contribution is 0.294. The van der Waals surface area contributed by atoms with Crippen molar-refractivity contribution in [1.82, 2.24) is 10.3 Å². The highest BCUT2D eigenvalue weighted by molar-refractivity contribution is 5.96. The number of nitrogens with zero attached hydrogens (tertiary/aromatic N) is 2. The third-order valence-corrected chi connectivity index (χ3v) is 3.67. The summed E-state index contributed by atoms with van der Waals surface area (Å²) >= 11 is 0. The maximum Gasteiger partial charge on any atom is 0.218 e. The van der Waals surface area contributed by atoms with Crippen LogP contribution in [0, 0.1) is 0 Å². The first kappa shape index (κ1) is 15.6. The number of hydrogen-bond acceptors (Lipinski definition) is 4. The van der Waals surface area contributed by atoms with Crippen LogP contribution in [0.25, 0.3) is 0 Å². The Hall–Kier alpha value is -2.30. The van der Waals surface area contributed by atoms with Crippen LogP contribution in [0.4, 0.5) is 0 Å². The molecule has 2 aromatic rings. The van der Waals surface area contributed by atoms with Crippen molar-refractivity contribution in [2.75, 3.05) is 6.61 Å². The molecule has 0 bridgehead atoms. The van der Waals surface area contributed by atoms with Crippen LogP contribution in [0.3, 0.4) is 0 Å². The van der Waals surface area contributed by atoms with Gasteiger partial charge in [-0.25, -0.2) is 4.98 Å². The van der Waals surface area contributed by atoms with Crippen LogP contribution < -0.4 is 10.1 Å². The molecule has 0 amide bonds. The topological polar surface area (TPSA) is 59.7 Å². The lowest BCUT2D eigenvalue weighted by Crippen LogP contribution is -2.26. The minimum atomic E-state index is 0.519. The number of aliphatic imine (C=N–C) groups is 1. The Morgan fingerprint density at radius 1 is 1.39 bits per heavy atom. The quantitative estimate of drug-likeness (QED) is 0.460. The number of hydrogen-bond donors (Lipinski definition) is 1. The summed E-state index contributed by atoms with van der Waals surface area (Å²) in [5.74, 6) is 2.25. The number of pyridine rings is 1. The maximum atomic E-state index is 5.77. The largest absolute Gasteiger partial charge is 0.477 e. The number of aromatic nitrogens is 1. The van der Waals surface area contributed by atoms with Crippen LogP contribution in [-0.4, -0.2) is 23.5 Å². The molecule has 1 aliphatic carbocycles. The highest BCUT2D eigenvalue weighted by Crippen LogP contribution is 2.21. The van der Waals surface area contributed by atoms with Gasteiger partial charge in [-0.05, 0) is 37.5 Å². The fraction of sp³-hybridized carbons (Fsp3) is 0.444. The van der Waals surface area contributed by atoms with Gasteiger partial charge in [0.1, 0.15) is 0 Å². The second kappa shape index (κ2) is 7.81. The average molecular weight is 313 g/mol. The van der Waals surface area contributed by atoms with Crippen molar-refractivity contribution < 1.29 is 9.15 Å². The van der Waals surface area contributed by atoms with Gasteiger partial charge in [-0.2, -0.15) is 0 Å². The number of furan rings is 1. The van der Waals surface area contributed by atoms with Gasteiger partial charge in [0.25, 0.3) is 0 Å². The van der Waals surface area contributed by atoms with Crippen LogP contribution in [-0.2, 0) is 6.54 Å². The summed E-state index contributed by atoms with van der Waals surface area (Å²) in [6, 6.07) is 8.25. The molecule has 0 unspecified atom stereocenters. The smallest absolute Gasteiger partial charge is 0.218 e. The summed E-state index contributed by atoms with van der Waals surface area (Å²) in [5, 5.41) is 3.43. The number of nitrogens with one attached hydrogen (secondary N) is 1. The molecule has 1 saturated carbocycles. The zero-order valence-corrected chi connectivity index (χ0v) is 13.5. The number of amidine groups is 1. The van der Waals surface area contributed by atoms with Crippen molar-refractivity contribution in [2.24, 2.45) is 4.99 Å². The minimum absolute atomic E-state index is 0.519. The lowest BCUT2D eigenvalue weighted by Gasteiger charge is -2.10. The molecule has 5 nitrogen and oxygen atoms in total. The van der Waals surface area contributed by atoms with Crippen LogP contribution in [0.1, 0.15) is 43.9 Å². The van der Waals surface area contributed by atoms with Gasteiger partial charge in [-0.1, -0.05) is 19.4 Å². The molecule has 1 fully saturated rings. The summed E-state index contributed by atoms with van der Waals surface area (Å²) in [4.78, 5) is 9.03. The second-order valence-corrected chi connectivity index (χ2v) is 5.73. The Morgan fingerprint density at radius 2 is 2.30 bits per heavy atom. The second-order valence-electron chi connectivity index (χ2n) is 5.73. The Balaban J connectivity index is 1.71. The summed E-state index contributed by atoms with van der Waals surface area (Å²) in [6.45, 7) is 3.35. The first-order valence-electron chi connectivity index (χ1n) is 8.28. The number of rotatable bonds is 8. The molecule has 3 rings (SSSR count). The van der Waals surface area contributed by atoms with E-state index in [-0.39, 0.29) is 0 Å². The summed E-state index contributed by atoms with van der Waals surface area (Å²) in [7, 11) is 0. The number of ether oxygens (including phenoxy) is 1. The Labute approximate surface area is 136 Å². The molecule has 0 saturated heterocycles. The van der Waals surface area contributed by atoms with E-state index in [0.717, 1.165) is 30.0 Å². The Bertz CT molecular complexity index is 633. The van der Waals surface area contributed by atoms with Crippen LogP contribution >= 0.6 is 0 Å². The van der Waals surface area contributed by atoms with Gasteiger partial charge in [0.2, 0.25) is 5.88 Å². The number of unbranched alkanes of at least 4 members (excludes halogenated alkanes) is 1. The van der Waals surface area contributed by atoms with E-state index in [4.69, 9.17) is 14.1 Å². The van der Waals surface area contributed by atoms with Crippen molar-refractivity contribution in [3.63, 3.8) is 0 Å². The fourth-order valence-electron chi connectivity index (χ4n) is 2.18. The molecule has 1 N–H and O–H groups in total. The van der Waals surface area contributed by atoms with Crippen molar-refractivity contribution >= 4 is 5.84 Å². The van der Waals surface area contributed by atoms with Crippen LogP contribution in [0.2, 0.25) is 0 Å². The molecule has 0 radical (unpaired) electrons. The van der Waals surface area contributed by atoms with Crippen molar-refractivity contribution in [3.05, 3.63) is 48.0 Å². The zero-order chi connectivity index (χ0) is 15.9. The van der Waals surface area contributed by atoms with E-state index >= 15 is 0 Å². The Morgan fingerprint density at radius 3 is 3.04 bits per heavy atom. The van der Waals surface area contributed by atoms with Crippen LogP contribution in [0.15, 0.2) is 46.1 Å². The Kier molecular flexibility index (Phi) is 5.29. The van der Waals surface area contributed by atoms with E-state index in [1.165, 1.54) is 12.8 Å². The standard InChI is InChI=1S/C18H23N3O2/c1-2-3-11-23-18-14(6-4-10-19-18)13-20-17(21-15-8-9-15)16-7-5-12-22-16/h4-7,10,12,15H,2-3,8-9,11,13H2,1H3,(H,20,21). The highest BCUT2D eigenvalue weighted by Gasteiger charge is 2.23. The van der Waals surface area contributed by atoms with Crippen molar-refractivity contribution in [1.29, 1.82) is 0 Å². The predicted octanol–water partition coefficient (Wildman–Crippen LogP) is 3.55. The molecule has 0 aliphatic heterocycles. The highest BCUT2D eigenvalue weighted by atomic mass is 16.5. The van der Waals surface area contributed by atoms with Gasteiger partial charge in [-0.15, -0.1) is 0 Å². The van der Waals surface area contributed by atoms with Gasteiger partial charge in [0, 0.05) is 17.8 Å². The lowest BCUT2D eigenvalue weighted by atomic mass is 10.2. The predicted molar refractivity (Wildman–Crippen MR) is 89.7 cm³/mol. The SMILES string of the molecule is CCCCOc1ncccc1CN=C(NC1CC1)c1ccco1. The van der Waals surface area contributed by atoms with E-state index < -0.39 is 0 Å². The van der Waals surface area contributed by atoms with Crippen molar-refractivity contribution in [2.45, 2.75) is 45.2 Å². The van der Waals surface area contributed by atoms with Crippen LogP contribution in [0.5, 0.6) is 5.88 Å². The minimum Gasteiger partial charge on any atom is -0.477 e. The average Bonchev–Trinajstić information content (AvgIpc) is 3.23. The maximum absolute atomic E-state index is 5.77. The monoisotopic (exact) mass is 313 g/mol. The first-order valence-corrected chi connectivity index (χ1v) is 8.28. The fourth-order valence-corrected chi connectivity index (χ4v) is 2.18. The van der Waals surface area contributed by atoms with E-state index in [0.29, 0.717) is 25.1 Å². The molecule has 2 heterocycles. The zero-order valence-electron chi connectivity index (χ0n) is 13.5. The van der Waals surface area contributed by atoms with E-state index in [9.17, 15) is 0 Å². The third-order valence-electron chi connectivity index (χ3n) is 3.67. The molecule has 0 atom stereocenters. The normalized spacial score (nSPS) is 14.7. The van der Waals surface area contributed by atoms with Crippen molar-refractivity contribution in [3.8, 4) is 5.88 Å². The first-order chi connectivity index (χ1) is 11.4. The molecule has 0 aromatic carbocycles. The molecule has 2 aromatic heterocycles. The van der Waals surface area contributed by atoms with Gasteiger partial charge in [-0.3, -0.25) is 4.99 Å². The summed E-state index contributed by atoms with van der Waals surface area (Å²) in [6.07, 6.45) is 7.94. The van der Waals surface area contributed by atoms with Gasteiger partial charge < -0.3 is 14.5 Å².